The fourth-order valence-electron chi connectivity index (χ4n) is 0.557. The average molecular weight is 150 g/mol. The van der Waals surface area contributed by atoms with Crippen molar-refractivity contribution in [2.24, 2.45) is 5.41 Å². The minimum absolute atomic E-state index is 0.194. The molecule has 0 spiro atoms. The topological polar surface area (TPSA) is 17.1 Å². The zero-order chi connectivity index (χ0) is 8.36. The Hall–Kier alpha value is -0.470. The van der Waals surface area contributed by atoms with Crippen LogP contribution in [0.3, 0.4) is 0 Å². The van der Waals surface area contributed by atoms with Crippen molar-refractivity contribution in [2.75, 3.05) is 0 Å². The molecule has 0 aromatic rings. The molecule has 0 heterocycles. The zero-order valence-corrected chi connectivity index (χ0v) is 6.45. The molecule has 0 aromatic carbocycles. The van der Waals surface area contributed by atoms with Crippen molar-refractivity contribution in [3.05, 3.63) is 0 Å². The summed E-state index contributed by atoms with van der Waals surface area (Å²) in [5, 5.41) is 0. The third-order valence-corrected chi connectivity index (χ3v) is 2.02. The molecule has 0 N–H and O–H groups in total. The van der Waals surface area contributed by atoms with Crippen LogP contribution in [-0.2, 0) is 4.79 Å². The first kappa shape index (κ1) is 9.53. The van der Waals surface area contributed by atoms with E-state index in [4.69, 9.17) is 0 Å². The van der Waals surface area contributed by atoms with E-state index in [-0.39, 0.29) is 6.42 Å². The number of ketones is 1. The summed E-state index contributed by atoms with van der Waals surface area (Å²) in [6, 6.07) is 0. The summed E-state index contributed by atoms with van der Waals surface area (Å²) in [7, 11) is 0. The fourth-order valence-corrected chi connectivity index (χ4v) is 0.557. The van der Waals surface area contributed by atoms with E-state index in [9.17, 15) is 13.6 Å². The van der Waals surface area contributed by atoms with Gasteiger partial charge in [-0.15, -0.1) is 0 Å². The minimum atomic E-state index is -2.55. The van der Waals surface area contributed by atoms with Crippen molar-refractivity contribution in [1.82, 2.24) is 0 Å². The third kappa shape index (κ3) is 1.52. The van der Waals surface area contributed by atoms with Gasteiger partial charge in [0.25, 0.3) is 6.43 Å². The van der Waals surface area contributed by atoms with Crippen LogP contribution in [0.1, 0.15) is 27.2 Å². The second kappa shape index (κ2) is 3.08. The molecule has 0 aliphatic heterocycles. The summed E-state index contributed by atoms with van der Waals surface area (Å²) in [6.07, 6.45) is -2.35. The smallest absolute Gasteiger partial charge is 0.250 e. The molecule has 60 valence electrons. The quantitative estimate of drug-likeness (QED) is 0.603. The highest BCUT2D eigenvalue weighted by Crippen LogP contribution is 2.29. The van der Waals surface area contributed by atoms with Crippen LogP contribution < -0.4 is 0 Å². The number of alkyl halides is 2. The van der Waals surface area contributed by atoms with Gasteiger partial charge in [0.15, 0.2) is 0 Å². The molecule has 1 atom stereocenters. The van der Waals surface area contributed by atoms with Gasteiger partial charge in [-0.25, -0.2) is 8.78 Å². The number of rotatable bonds is 3. The maximum atomic E-state index is 12.1. The van der Waals surface area contributed by atoms with Gasteiger partial charge in [-0.05, 0) is 20.3 Å². The zero-order valence-electron chi connectivity index (χ0n) is 6.45. The maximum absolute atomic E-state index is 12.1. The van der Waals surface area contributed by atoms with Gasteiger partial charge in [-0.1, -0.05) is 6.92 Å². The Labute approximate surface area is 59.4 Å². The Bertz CT molecular complexity index is 134. The predicted octanol–water partition coefficient (Wildman–Crippen LogP) is 2.26. The highest BCUT2D eigenvalue weighted by Gasteiger charge is 2.37. The van der Waals surface area contributed by atoms with Crippen LogP contribution in [-0.4, -0.2) is 12.2 Å². The fraction of sp³-hybridized carbons (Fsp3) is 0.857. The van der Waals surface area contributed by atoms with Gasteiger partial charge in [0.1, 0.15) is 5.78 Å². The molecule has 0 fully saturated rings. The minimum Gasteiger partial charge on any atom is -0.299 e. The lowest BCUT2D eigenvalue weighted by Gasteiger charge is -2.23. The molecular formula is C7H12F2O. The van der Waals surface area contributed by atoms with E-state index in [0.29, 0.717) is 0 Å². The number of Topliss-reactive ketones (excluding diaryl/α,β-unsaturated/α-hetero) is 1. The Balaban J connectivity index is 4.38. The van der Waals surface area contributed by atoms with Gasteiger partial charge < -0.3 is 0 Å². The molecule has 0 rings (SSSR count). The number of carbonyl (C=O) groups excluding carboxylic acids is 1. The lowest BCUT2D eigenvalue weighted by molar-refractivity contribution is -0.134. The summed E-state index contributed by atoms with van der Waals surface area (Å²) in [4.78, 5) is 10.7. The molecule has 0 aliphatic rings. The van der Waals surface area contributed by atoms with E-state index >= 15 is 0 Å². The van der Waals surface area contributed by atoms with Gasteiger partial charge in [-0.2, -0.15) is 0 Å². The van der Waals surface area contributed by atoms with E-state index in [1.54, 1.807) is 6.92 Å². The van der Waals surface area contributed by atoms with Crippen LogP contribution in [0.25, 0.3) is 0 Å². The summed E-state index contributed by atoms with van der Waals surface area (Å²) in [5.41, 5.74) is -1.43. The number of carbonyl (C=O) groups is 1. The summed E-state index contributed by atoms with van der Waals surface area (Å²) < 4.78 is 24.2. The van der Waals surface area contributed by atoms with E-state index in [1.807, 2.05) is 0 Å². The van der Waals surface area contributed by atoms with E-state index in [2.05, 4.69) is 0 Å². The standard InChI is InChI=1S/C7H12F2O/c1-4-7(3,5(2)10)6(8)9/h6H,4H2,1-3H3. The molecule has 0 saturated heterocycles. The third-order valence-electron chi connectivity index (χ3n) is 2.02. The van der Waals surface area contributed by atoms with Crippen LogP contribution in [0.5, 0.6) is 0 Å². The van der Waals surface area contributed by atoms with E-state index < -0.39 is 17.6 Å². The average Bonchev–Trinajstić information content (AvgIpc) is 1.85. The first-order chi connectivity index (χ1) is 4.45. The van der Waals surface area contributed by atoms with Crippen molar-refractivity contribution in [3.63, 3.8) is 0 Å². The Morgan fingerprint density at radius 3 is 2.00 bits per heavy atom. The van der Waals surface area contributed by atoms with Gasteiger partial charge in [0.2, 0.25) is 0 Å². The molecule has 0 saturated carbocycles. The number of hydrogen-bond acceptors (Lipinski definition) is 1. The van der Waals surface area contributed by atoms with Crippen molar-refractivity contribution in [2.45, 2.75) is 33.6 Å². The largest absolute Gasteiger partial charge is 0.299 e. The van der Waals surface area contributed by atoms with Gasteiger partial charge in [-0.3, -0.25) is 4.79 Å². The summed E-state index contributed by atoms with van der Waals surface area (Å²) >= 11 is 0. The van der Waals surface area contributed by atoms with Gasteiger partial charge in [0, 0.05) is 0 Å². The SMILES string of the molecule is CCC(C)(C(C)=O)C(F)F. The molecule has 1 nitrogen and oxygen atoms in total. The van der Waals surface area contributed by atoms with Crippen molar-refractivity contribution < 1.29 is 13.6 Å². The first-order valence-electron chi connectivity index (χ1n) is 3.24. The van der Waals surface area contributed by atoms with Crippen molar-refractivity contribution in [1.29, 1.82) is 0 Å². The second-order valence-corrected chi connectivity index (χ2v) is 2.63. The van der Waals surface area contributed by atoms with Crippen LogP contribution in [0, 0.1) is 5.41 Å². The van der Waals surface area contributed by atoms with Crippen molar-refractivity contribution in [3.8, 4) is 0 Å². The molecule has 0 bridgehead atoms. The highest BCUT2D eigenvalue weighted by atomic mass is 19.3. The Morgan fingerprint density at radius 2 is 2.00 bits per heavy atom. The normalized spacial score (nSPS) is 17.0. The lowest BCUT2D eigenvalue weighted by atomic mass is 9.84. The van der Waals surface area contributed by atoms with Crippen LogP contribution in [0.15, 0.2) is 0 Å². The summed E-state index contributed by atoms with van der Waals surface area (Å²) in [6.45, 7) is 4.09. The number of halogens is 2. The van der Waals surface area contributed by atoms with Crippen LogP contribution in [0.4, 0.5) is 8.78 Å². The lowest BCUT2D eigenvalue weighted by Crippen LogP contribution is -2.32. The molecule has 10 heavy (non-hydrogen) atoms. The molecular weight excluding hydrogens is 138 g/mol. The molecule has 0 aromatic heterocycles. The maximum Gasteiger partial charge on any atom is 0.250 e. The van der Waals surface area contributed by atoms with Gasteiger partial charge >= 0.3 is 0 Å². The van der Waals surface area contributed by atoms with Gasteiger partial charge in [0.05, 0.1) is 5.41 Å². The van der Waals surface area contributed by atoms with Crippen LogP contribution >= 0.6 is 0 Å². The summed E-state index contributed by atoms with van der Waals surface area (Å²) in [5.74, 6) is -0.440. The molecule has 3 heteroatoms. The highest BCUT2D eigenvalue weighted by molar-refractivity contribution is 5.82. The monoisotopic (exact) mass is 150 g/mol. The molecule has 0 amide bonds. The second-order valence-electron chi connectivity index (χ2n) is 2.63. The van der Waals surface area contributed by atoms with E-state index in [0.717, 1.165) is 0 Å². The Morgan fingerprint density at radius 1 is 1.60 bits per heavy atom. The molecule has 0 aliphatic carbocycles. The predicted molar refractivity (Wildman–Crippen MR) is 35.1 cm³/mol. The first-order valence-corrected chi connectivity index (χ1v) is 3.24. The molecule has 1 unspecified atom stereocenters. The molecule has 0 radical (unpaired) electrons. The van der Waals surface area contributed by atoms with E-state index in [1.165, 1.54) is 13.8 Å². The number of hydrogen-bond donors (Lipinski definition) is 0. The Kier molecular flexibility index (Phi) is 2.94. The van der Waals surface area contributed by atoms with Crippen molar-refractivity contribution >= 4 is 5.78 Å². The van der Waals surface area contributed by atoms with Crippen LogP contribution in [0.2, 0.25) is 0 Å².